The van der Waals surface area contributed by atoms with Gasteiger partial charge < -0.3 is 0 Å². The van der Waals surface area contributed by atoms with Crippen LogP contribution in [0.1, 0.15) is 20.8 Å². The molecule has 0 fully saturated rings. The molecule has 12 heavy (non-hydrogen) atoms. The van der Waals surface area contributed by atoms with Crippen LogP contribution in [0.3, 0.4) is 0 Å². The molecule has 1 heterocycles. The van der Waals surface area contributed by atoms with Crippen molar-refractivity contribution in [3.05, 3.63) is 17.3 Å². The molecule has 0 spiro atoms. The highest BCUT2D eigenvalue weighted by Gasteiger charge is 2.12. The highest BCUT2D eigenvalue weighted by Crippen LogP contribution is 2.29. The summed E-state index contributed by atoms with van der Waals surface area (Å²) in [6.45, 7) is 6.40. The van der Waals surface area contributed by atoms with E-state index < -0.39 is 0 Å². The minimum absolute atomic E-state index is 0.169. The van der Waals surface area contributed by atoms with Crippen molar-refractivity contribution in [2.45, 2.75) is 30.5 Å². The third-order valence-electron chi connectivity index (χ3n) is 1.02. The first-order chi connectivity index (χ1) is 5.47. The highest BCUT2D eigenvalue weighted by atomic mass is 35.5. The van der Waals surface area contributed by atoms with Crippen LogP contribution in [0.5, 0.6) is 0 Å². The second kappa shape index (κ2) is 3.62. The molecule has 0 aromatic carbocycles. The Morgan fingerprint density at radius 2 is 1.92 bits per heavy atom. The van der Waals surface area contributed by atoms with Gasteiger partial charge in [0.15, 0.2) is 5.15 Å². The van der Waals surface area contributed by atoms with E-state index in [2.05, 4.69) is 31.0 Å². The highest BCUT2D eigenvalue weighted by molar-refractivity contribution is 8.00. The lowest BCUT2D eigenvalue weighted by atomic mass is 10.3. The summed E-state index contributed by atoms with van der Waals surface area (Å²) < 4.78 is 0.169. The molecule has 0 unspecified atom stereocenters. The number of nitrogens with zero attached hydrogens (tertiary/aromatic N) is 2. The topological polar surface area (TPSA) is 25.8 Å². The van der Waals surface area contributed by atoms with Crippen molar-refractivity contribution in [2.24, 2.45) is 0 Å². The molecule has 0 atom stereocenters. The van der Waals surface area contributed by atoms with Gasteiger partial charge in [0.2, 0.25) is 0 Å². The first-order valence-corrected chi connectivity index (χ1v) is 4.85. The van der Waals surface area contributed by atoms with Gasteiger partial charge in [-0.15, -0.1) is 10.2 Å². The number of halogens is 1. The summed E-state index contributed by atoms with van der Waals surface area (Å²) in [5.74, 6) is 0. The van der Waals surface area contributed by atoms with E-state index in [-0.39, 0.29) is 4.75 Å². The molecule has 2 nitrogen and oxygen atoms in total. The van der Waals surface area contributed by atoms with Gasteiger partial charge in [-0.3, -0.25) is 0 Å². The maximum Gasteiger partial charge on any atom is 0.151 e. The molecule has 0 aliphatic rings. The molecule has 0 saturated heterocycles. The standard InChI is InChI=1S/C8H11ClN2S/c1-8(2,3)12-7-5-4-6(9)10-11-7/h4-5H,1-3H3. The van der Waals surface area contributed by atoms with Crippen LogP contribution in [0, 0.1) is 0 Å². The van der Waals surface area contributed by atoms with Gasteiger partial charge in [0.05, 0.1) is 0 Å². The smallest absolute Gasteiger partial charge is 0.143 e. The lowest BCUT2D eigenvalue weighted by molar-refractivity contribution is 0.794. The van der Waals surface area contributed by atoms with Gasteiger partial charge in [0, 0.05) is 4.75 Å². The Morgan fingerprint density at radius 3 is 2.33 bits per heavy atom. The van der Waals surface area contributed by atoms with E-state index >= 15 is 0 Å². The Kier molecular flexibility index (Phi) is 2.96. The van der Waals surface area contributed by atoms with Gasteiger partial charge in [-0.1, -0.05) is 44.1 Å². The summed E-state index contributed by atoms with van der Waals surface area (Å²) in [5, 5.41) is 9.05. The average Bonchev–Trinajstić information content (AvgIpc) is 1.91. The number of thioether (sulfide) groups is 1. The minimum Gasteiger partial charge on any atom is -0.143 e. The fourth-order valence-corrected chi connectivity index (χ4v) is 1.62. The second-order valence-corrected chi connectivity index (χ2v) is 5.64. The SMILES string of the molecule is CC(C)(C)Sc1ccc(Cl)nn1. The van der Waals surface area contributed by atoms with Crippen molar-refractivity contribution >= 4 is 23.4 Å². The summed E-state index contributed by atoms with van der Waals surface area (Å²) in [6, 6.07) is 3.63. The van der Waals surface area contributed by atoms with Gasteiger partial charge >= 0.3 is 0 Å². The summed E-state index contributed by atoms with van der Waals surface area (Å²) in [4.78, 5) is 0. The molecule has 1 aromatic heterocycles. The second-order valence-electron chi connectivity index (χ2n) is 3.41. The van der Waals surface area contributed by atoms with Crippen LogP contribution in [0.15, 0.2) is 17.2 Å². The van der Waals surface area contributed by atoms with E-state index in [1.165, 1.54) is 0 Å². The average molecular weight is 203 g/mol. The van der Waals surface area contributed by atoms with Crippen LogP contribution in [0.2, 0.25) is 5.15 Å². The molecule has 0 bridgehead atoms. The summed E-state index contributed by atoms with van der Waals surface area (Å²) in [6.07, 6.45) is 0. The Hall–Kier alpha value is -0.280. The zero-order chi connectivity index (χ0) is 9.19. The monoisotopic (exact) mass is 202 g/mol. The molecular weight excluding hydrogens is 192 g/mol. The van der Waals surface area contributed by atoms with Gasteiger partial charge in [0.25, 0.3) is 0 Å². The molecule has 0 saturated carbocycles. The third kappa shape index (κ3) is 3.41. The molecule has 0 radical (unpaired) electrons. The molecule has 0 N–H and O–H groups in total. The maximum absolute atomic E-state index is 5.60. The van der Waals surface area contributed by atoms with E-state index in [1.807, 2.05) is 6.07 Å². The number of rotatable bonds is 1. The molecule has 0 amide bonds. The third-order valence-corrected chi connectivity index (χ3v) is 2.26. The van der Waals surface area contributed by atoms with Crippen LogP contribution in [-0.2, 0) is 0 Å². The first-order valence-electron chi connectivity index (χ1n) is 3.66. The predicted octanol–water partition coefficient (Wildman–Crippen LogP) is 3.02. The van der Waals surface area contributed by atoms with Crippen LogP contribution in [-0.4, -0.2) is 14.9 Å². The Bertz CT molecular complexity index is 253. The predicted molar refractivity (Wildman–Crippen MR) is 52.7 cm³/mol. The van der Waals surface area contributed by atoms with Gasteiger partial charge in [-0.25, -0.2) is 0 Å². The number of hydrogen-bond acceptors (Lipinski definition) is 3. The van der Waals surface area contributed by atoms with E-state index in [0.29, 0.717) is 5.15 Å². The molecule has 1 aromatic rings. The van der Waals surface area contributed by atoms with Crippen LogP contribution in [0.25, 0.3) is 0 Å². The van der Waals surface area contributed by atoms with Crippen molar-refractivity contribution in [1.29, 1.82) is 0 Å². The van der Waals surface area contributed by atoms with Crippen molar-refractivity contribution in [1.82, 2.24) is 10.2 Å². The summed E-state index contributed by atoms with van der Waals surface area (Å²) >= 11 is 7.28. The molecule has 1 rings (SSSR count). The fraction of sp³-hybridized carbons (Fsp3) is 0.500. The fourth-order valence-electron chi connectivity index (χ4n) is 0.672. The van der Waals surface area contributed by atoms with E-state index in [1.54, 1.807) is 17.8 Å². The van der Waals surface area contributed by atoms with E-state index in [9.17, 15) is 0 Å². The quantitative estimate of drug-likeness (QED) is 0.655. The number of hydrogen-bond donors (Lipinski definition) is 0. The summed E-state index contributed by atoms with van der Waals surface area (Å²) in [7, 11) is 0. The Morgan fingerprint density at radius 1 is 1.25 bits per heavy atom. The van der Waals surface area contributed by atoms with Gasteiger partial charge in [0.1, 0.15) is 5.03 Å². The lowest BCUT2D eigenvalue weighted by Gasteiger charge is -2.15. The van der Waals surface area contributed by atoms with Crippen molar-refractivity contribution in [3.63, 3.8) is 0 Å². The molecular formula is C8H11ClN2S. The summed E-state index contributed by atoms with van der Waals surface area (Å²) in [5.41, 5.74) is 0. The Balaban J connectivity index is 2.71. The van der Waals surface area contributed by atoms with Crippen LogP contribution >= 0.6 is 23.4 Å². The van der Waals surface area contributed by atoms with Crippen molar-refractivity contribution < 1.29 is 0 Å². The van der Waals surface area contributed by atoms with E-state index in [0.717, 1.165) is 5.03 Å². The maximum atomic E-state index is 5.60. The van der Waals surface area contributed by atoms with Gasteiger partial charge in [-0.05, 0) is 12.1 Å². The van der Waals surface area contributed by atoms with Crippen LogP contribution in [0.4, 0.5) is 0 Å². The zero-order valence-corrected chi connectivity index (χ0v) is 8.91. The molecule has 66 valence electrons. The van der Waals surface area contributed by atoms with Crippen molar-refractivity contribution in [2.75, 3.05) is 0 Å². The molecule has 4 heteroatoms. The van der Waals surface area contributed by atoms with Crippen molar-refractivity contribution in [3.8, 4) is 0 Å². The van der Waals surface area contributed by atoms with E-state index in [4.69, 9.17) is 11.6 Å². The molecule has 0 aliphatic heterocycles. The van der Waals surface area contributed by atoms with Gasteiger partial charge in [-0.2, -0.15) is 0 Å². The lowest BCUT2D eigenvalue weighted by Crippen LogP contribution is -2.07. The minimum atomic E-state index is 0.169. The largest absolute Gasteiger partial charge is 0.151 e. The first kappa shape index (κ1) is 9.81. The molecule has 0 aliphatic carbocycles. The normalized spacial score (nSPS) is 11.7. The Labute approximate surface area is 81.7 Å². The number of aromatic nitrogens is 2. The zero-order valence-electron chi connectivity index (χ0n) is 7.34. The van der Waals surface area contributed by atoms with Crippen LogP contribution < -0.4 is 0 Å².